The van der Waals surface area contributed by atoms with Crippen molar-refractivity contribution in [3.8, 4) is 39.8 Å². The number of hydrogen-bond donors (Lipinski definition) is 9. The first kappa shape index (κ1) is 46.7. The Labute approximate surface area is 369 Å². The number of aliphatic carboxylic acids is 1. The van der Waals surface area contributed by atoms with Gasteiger partial charge >= 0.3 is 5.97 Å². The normalized spacial score (nSPS) is 18.4. The minimum atomic E-state index is -1.58. The number of benzene rings is 3. The van der Waals surface area contributed by atoms with E-state index >= 15 is 0 Å². The second-order valence-corrected chi connectivity index (χ2v) is 16.4. The molecule has 0 saturated heterocycles. The van der Waals surface area contributed by atoms with Crippen molar-refractivity contribution in [1.82, 2.24) is 30.8 Å². The highest BCUT2D eigenvalue weighted by Gasteiger charge is 2.39. The summed E-state index contributed by atoms with van der Waals surface area (Å²) < 4.78 is 11.9. The number of aryl methyl sites for hydroxylation is 1. The molecule has 0 spiro atoms. The number of amides is 4. The number of nitrogens with two attached hydrogens (primary N) is 3. The molecule has 1 aliphatic heterocycles. The van der Waals surface area contributed by atoms with Crippen LogP contribution in [0.3, 0.4) is 0 Å². The zero-order valence-corrected chi connectivity index (χ0v) is 36.1. The molecule has 4 atom stereocenters. The maximum absolute atomic E-state index is 14.4. The van der Waals surface area contributed by atoms with Crippen LogP contribution < -0.4 is 42.6 Å². The summed E-state index contributed by atoms with van der Waals surface area (Å²) in [7, 11) is 1.30. The van der Waals surface area contributed by atoms with Crippen LogP contribution in [0, 0.1) is 6.92 Å². The third kappa shape index (κ3) is 10.5. The summed E-state index contributed by atoms with van der Waals surface area (Å²) in [5, 5.41) is 39.7. The number of carboxylic acids is 1. The summed E-state index contributed by atoms with van der Waals surface area (Å²) in [5.74, 6) is -4.79. The standard InChI is InChI=1S/C45H55N9O10/c1-23-36(39(48)53-40(50-23)26-7-9-28(10-8-26)45(3)12-13-45)42(59)49-21-35(56)54(4)37-27-18-31(38(57)34(19-27)64-22-29(55)20-47)30-16-25(6-11-33(30)63-15-5-14-46)17-32(44(61)62)52-41(58)24(2)51-43(37)60/h6-11,16,18-19,24,29,32,37,55,57H,5,12-15,17,20-22,46-47H2,1-4H3,(H,49,59)(H,51,60)(H,52,58)(H,61,62)(H2,48,50,53)/t24-,29+,32-,37-/m0/s1. The van der Waals surface area contributed by atoms with Crippen LogP contribution in [0.15, 0.2) is 54.6 Å². The number of phenols is 1. The van der Waals surface area contributed by atoms with Gasteiger partial charge in [-0.05, 0) is 86.0 Å². The summed E-state index contributed by atoms with van der Waals surface area (Å²) in [6, 6.07) is 11.0. The fourth-order valence-corrected chi connectivity index (χ4v) is 7.32. The van der Waals surface area contributed by atoms with Crippen molar-refractivity contribution >= 4 is 35.4 Å². The quantitative estimate of drug-likeness (QED) is 0.0764. The number of hydrogen-bond acceptors (Lipinski definition) is 14. The van der Waals surface area contributed by atoms with Crippen molar-refractivity contribution in [1.29, 1.82) is 0 Å². The number of aliphatic hydroxyl groups excluding tert-OH is 1. The minimum Gasteiger partial charge on any atom is -0.504 e. The molecular formula is C45H55N9O10. The van der Waals surface area contributed by atoms with E-state index in [1.165, 1.54) is 31.7 Å². The molecule has 4 bridgehead atoms. The molecule has 1 aliphatic carbocycles. The van der Waals surface area contributed by atoms with Crippen LogP contribution in [0.1, 0.15) is 71.9 Å². The summed E-state index contributed by atoms with van der Waals surface area (Å²) in [4.78, 5) is 77.8. The van der Waals surface area contributed by atoms with Crippen LogP contribution in [0.25, 0.3) is 22.5 Å². The number of fused-ring (bicyclic) bond motifs is 5. The number of carbonyl (C=O) groups is 5. The van der Waals surface area contributed by atoms with Crippen LogP contribution in [0.5, 0.6) is 17.2 Å². The maximum atomic E-state index is 14.4. The average molecular weight is 882 g/mol. The molecule has 340 valence electrons. The Morgan fingerprint density at radius 3 is 2.34 bits per heavy atom. The molecule has 1 fully saturated rings. The van der Waals surface area contributed by atoms with Gasteiger partial charge in [0.25, 0.3) is 5.91 Å². The van der Waals surface area contributed by atoms with E-state index in [0.29, 0.717) is 29.9 Å². The van der Waals surface area contributed by atoms with Crippen LogP contribution in [-0.2, 0) is 31.0 Å². The van der Waals surface area contributed by atoms with Crippen molar-refractivity contribution in [3.05, 3.63) is 82.5 Å². The second-order valence-electron chi connectivity index (χ2n) is 16.4. The number of rotatable bonds is 15. The van der Waals surface area contributed by atoms with Gasteiger partial charge in [-0.25, -0.2) is 14.8 Å². The summed E-state index contributed by atoms with van der Waals surface area (Å²) in [6.07, 6.45) is 1.37. The highest BCUT2D eigenvalue weighted by Crippen LogP contribution is 2.48. The molecule has 0 radical (unpaired) electrons. The van der Waals surface area contributed by atoms with Crippen molar-refractivity contribution in [2.24, 2.45) is 11.5 Å². The van der Waals surface area contributed by atoms with E-state index in [1.807, 2.05) is 24.3 Å². The van der Waals surface area contributed by atoms with E-state index in [-0.39, 0.29) is 76.9 Å². The molecule has 0 unspecified atom stereocenters. The molecule has 2 heterocycles. The Kier molecular flexibility index (Phi) is 14.4. The molecule has 19 heteroatoms. The first-order chi connectivity index (χ1) is 30.4. The Hall–Kier alpha value is -6.83. The average Bonchev–Trinajstić information content (AvgIpc) is 4.02. The van der Waals surface area contributed by atoms with E-state index < -0.39 is 66.1 Å². The van der Waals surface area contributed by atoms with Crippen molar-refractivity contribution in [2.45, 2.75) is 76.1 Å². The minimum absolute atomic E-state index is 0.0482. The summed E-state index contributed by atoms with van der Waals surface area (Å²) in [6.45, 7) is 4.43. The molecular weight excluding hydrogens is 827 g/mol. The number of carboxylic acid groups (broad SMARTS) is 1. The fourth-order valence-electron chi connectivity index (χ4n) is 7.32. The van der Waals surface area contributed by atoms with Gasteiger partial charge in [0.2, 0.25) is 17.7 Å². The molecule has 4 amide bonds. The number of aliphatic hydroxyl groups is 1. The maximum Gasteiger partial charge on any atom is 0.326 e. The smallest absolute Gasteiger partial charge is 0.326 e. The third-order valence-corrected chi connectivity index (χ3v) is 11.5. The van der Waals surface area contributed by atoms with Crippen molar-refractivity contribution in [3.63, 3.8) is 0 Å². The van der Waals surface area contributed by atoms with Gasteiger partial charge in [-0.3, -0.25) is 19.2 Å². The number of nitrogen functional groups attached to an aromatic ring is 1. The SMILES string of the molecule is Cc1nc(-c2ccc(C3(C)CC3)cc2)nc(N)c1C(=O)NCC(=O)N(C)[C@@H]1C(=O)N[C@@H](C)C(=O)N[C@H](C(=O)O)Cc2ccc(OCCCN)c(c2)-c2cc1cc(OC[C@H](O)CN)c2O. The number of carbonyl (C=O) groups excluding carboxylic acids is 4. The molecule has 3 aromatic carbocycles. The Morgan fingerprint density at radius 1 is 0.984 bits per heavy atom. The molecule has 6 rings (SSSR count). The van der Waals surface area contributed by atoms with Gasteiger partial charge in [-0.2, -0.15) is 0 Å². The number of nitrogens with zero attached hydrogens (tertiary/aromatic N) is 3. The number of nitrogens with one attached hydrogen (secondary N) is 3. The monoisotopic (exact) mass is 881 g/mol. The lowest BCUT2D eigenvalue weighted by atomic mass is 9.93. The molecule has 64 heavy (non-hydrogen) atoms. The van der Waals surface area contributed by atoms with E-state index in [0.717, 1.165) is 17.7 Å². The lowest BCUT2D eigenvalue weighted by molar-refractivity contribution is -0.142. The van der Waals surface area contributed by atoms with Gasteiger partial charge in [0.15, 0.2) is 17.3 Å². The van der Waals surface area contributed by atoms with E-state index in [4.69, 9.17) is 26.7 Å². The highest BCUT2D eigenvalue weighted by atomic mass is 16.5. The predicted molar refractivity (Wildman–Crippen MR) is 235 cm³/mol. The van der Waals surface area contributed by atoms with E-state index in [9.17, 15) is 39.3 Å². The third-order valence-electron chi connectivity index (χ3n) is 11.5. The molecule has 1 aromatic heterocycles. The Balaban J connectivity index is 1.36. The lowest BCUT2D eigenvalue weighted by Gasteiger charge is -2.30. The van der Waals surface area contributed by atoms with E-state index in [1.54, 1.807) is 25.1 Å². The second kappa shape index (κ2) is 19.7. The molecule has 2 aliphatic rings. The zero-order chi connectivity index (χ0) is 46.5. The molecule has 12 N–H and O–H groups in total. The zero-order valence-electron chi connectivity index (χ0n) is 36.1. The first-order valence-corrected chi connectivity index (χ1v) is 20.9. The van der Waals surface area contributed by atoms with Crippen LogP contribution in [-0.4, -0.2) is 118 Å². The van der Waals surface area contributed by atoms with Gasteiger partial charge in [-0.1, -0.05) is 37.3 Å². The lowest BCUT2D eigenvalue weighted by Crippen LogP contribution is -2.53. The van der Waals surface area contributed by atoms with Gasteiger partial charge < -0.3 is 62.8 Å². The van der Waals surface area contributed by atoms with Crippen molar-refractivity contribution in [2.75, 3.05) is 45.6 Å². The number of likely N-dealkylation sites (N-methyl/N-ethyl adjacent to an activating group) is 1. The predicted octanol–water partition coefficient (Wildman–Crippen LogP) is 1.44. The van der Waals surface area contributed by atoms with Gasteiger partial charge in [0.1, 0.15) is 48.0 Å². The molecule has 4 aromatic rings. The van der Waals surface area contributed by atoms with Gasteiger partial charge in [0.05, 0.1) is 18.8 Å². The Morgan fingerprint density at radius 2 is 1.70 bits per heavy atom. The van der Waals surface area contributed by atoms with Crippen LogP contribution in [0.4, 0.5) is 5.82 Å². The number of aromatic hydroxyl groups is 1. The summed E-state index contributed by atoms with van der Waals surface area (Å²) >= 11 is 0. The topological polar surface area (TPSA) is 308 Å². The number of phenolic OH excluding ortho intramolecular Hbond substituents is 1. The fraction of sp³-hybridized carbons (Fsp3) is 0.400. The van der Waals surface area contributed by atoms with Crippen LogP contribution >= 0.6 is 0 Å². The molecule has 1 saturated carbocycles. The number of aromatic nitrogens is 2. The number of ether oxygens (including phenoxy) is 2. The van der Waals surface area contributed by atoms with Gasteiger partial charge in [0, 0.05) is 36.7 Å². The highest BCUT2D eigenvalue weighted by molar-refractivity contribution is 6.02. The van der Waals surface area contributed by atoms with Gasteiger partial charge in [-0.15, -0.1) is 0 Å². The number of anilines is 1. The summed E-state index contributed by atoms with van der Waals surface area (Å²) in [5.41, 5.74) is 20.8. The van der Waals surface area contributed by atoms with Crippen LogP contribution in [0.2, 0.25) is 0 Å². The first-order valence-electron chi connectivity index (χ1n) is 20.9. The largest absolute Gasteiger partial charge is 0.504 e. The van der Waals surface area contributed by atoms with Crippen molar-refractivity contribution < 1.29 is 48.8 Å². The Bertz CT molecular complexity index is 2400. The molecule has 19 nitrogen and oxygen atoms in total. The van der Waals surface area contributed by atoms with E-state index in [2.05, 4.69) is 32.8 Å².